The minimum absolute atomic E-state index is 0.112. The highest BCUT2D eigenvalue weighted by Gasteiger charge is 2.17. The van der Waals surface area contributed by atoms with Gasteiger partial charge >= 0.3 is 5.97 Å². The second kappa shape index (κ2) is 8.12. The van der Waals surface area contributed by atoms with Gasteiger partial charge in [-0.05, 0) is 52.4 Å². The van der Waals surface area contributed by atoms with E-state index in [0.29, 0.717) is 6.42 Å². The van der Waals surface area contributed by atoms with Crippen molar-refractivity contribution in [2.75, 3.05) is 14.2 Å². The van der Waals surface area contributed by atoms with Gasteiger partial charge in [0.05, 0.1) is 19.8 Å². The number of hydrogen-bond acceptors (Lipinski definition) is 3. The molecule has 0 atom stereocenters. The van der Waals surface area contributed by atoms with E-state index < -0.39 is 5.97 Å². The van der Waals surface area contributed by atoms with E-state index >= 15 is 0 Å². The first-order valence-electron chi connectivity index (χ1n) is 9.06. The highest BCUT2D eigenvalue weighted by Crippen LogP contribution is 2.43. The molecule has 140 valence electrons. The van der Waals surface area contributed by atoms with Gasteiger partial charge in [-0.1, -0.05) is 43.3 Å². The van der Waals surface area contributed by atoms with Crippen molar-refractivity contribution >= 4 is 16.7 Å². The Hall–Kier alpha value is -3.01. The largest absolute Gasteiger partial charge is 0.496 e. The summed E-state index contributed by atoms with van der Waals surface area (Å²) in [5.41, 5.74) is 4.11. The van der Waals surface area contributed by atoms with Crippen LogP contribution in [0, 0.1) is 0 Å². The zero-order chi connectivity index (χ0) is 19.4. The molecule has 0 bridgehead atoms. The van der Waals surface area contributed by atoms with Crippen LogP contribution >= 0.6 is 0 Å². The molecule has 0 spiro atoms. The van der Waals surface area contributed by atoms with Crippen LogP contribution in [0.2, 0.25) is 0 Å². The fraction of sp³-hybridized carbons (Fsp3) is 0.261. The maximum absolute atomic E-state index is 11.0. The number of carboxylic acids is 1. The Kier molecular flexibility index (Phi) is 5.65. The fourth-order valence-corrected chi connectivity index (χ4v) is 3.49. The topological polar surface area (TPSA) is 55.8 Å². The highest BCUT2D eigenvalue weighted by atomic mass is 16.5. The fourth-order valence-electron chi connectivity index (χ4n) is 3.49. The van der Waals surface area contributed by atoms with Crippen LogP contribution in [0.5, 0.6) is 11.5 Å². The van der Waals surface area contributed by atoms with Gasteiger partial charge in [-0.2, -0.15) is 0 Å². The van der Waals surface area contributed by atoms with Gasteiger partial charge in [0.2, 0.25) is 0 Å². The second-order valence-corrected chi connectivity index (χ2v) is 6.44. The molecule has 0 fully saturated rings. The van der Waals surface area contributed by atoms with Gasteiger partial charge in [0.1, 0.15) is 11.5 Å². The van der Waals surface area contributed by atoms with E-state index in [9.17, 15) is 4.79 Å². The number of methoxy groups -OCH3 is 2. The van der Waals surface area contributed by atoms with E-state index in [1.165, 1.54) is 0 Å². The van der Waals surface area contributed by atoms with Crippen LogP contribution in [0.15, 0.2) is 48.5 Å². The molecule has 4 heteroatoms. The van der Waals surface area contributed by atoms with E-state index in [4.69, 9.17) is 14.6 Å². The molecule has 0 aromatic heterocycles. The molecule has 0 aliphatic carbocycles. The number of hydrogen-bond donors (Lipinski definition) is 1. The van der Waals surface area contributed by atoms with Crippen molar-refractivity contribution in [2.24, 2.45) is 0 Å². The molecule has 0 saturated heterocycles. The van der Waals surface area contributed by atoms with Crippen LogP contribution in [0.1, 0.15) is 24.5 Å². The summed E-state index contributed by atoms with van der Waals surface area (Å²) in [7, 11) is 3.34. The Morgan fingerprint density at radius 3 is 2.19 bits per heavy atom. The van der Waals surface area contributed by atoms with Gasteiger partial charge in [0, 0.05) is 6.42 Å². The van der Waals surface area contributed by atoms with Crippen molar-refractivity contribution in [3.63, 3.8) is 0 Å². The van der Waals surface area contributed by atoms with Crippen LogP contribution in [-0.2, 0) is 17.6 Å². The molecule has 3 aromatic carbocycles. The third-order valence-electron chi connectivity index (χ3n) is 4.86. The maximum Gasteiger partial charge on any atom is 0.303 e. The third-order valence-corrected chi connectivity index (χ3v) is 4.86. The number of aliphatic carboxylic acids is 1. The van der Waals surface area contributed by atoms with Gasteiger partial charge < -0.3 is 14.6 Å². The first-order valence-corrected chi connectivity index (χ1v) is 9.06. The minimum Gasteiger partial charge on any atom is -0.496 e. The van der Waals surface area contributed by atoms with Crippen LogP contribution in [0.3, 0.4) is 0 Å². The Morgan fingerprint density at radius 2 is 1.59 bits per heavy atom. The van der Waals surface area contributed by atoms with Crippen molar-refractivity contribution in [2.45, 2.75) is 26.2 Å². The van der Waals surface area contributed by atoms with Crippen LogP contribution < -0.4 is 9.47 Å². The molecule has 0 heterocycles. The SMILES string of the molecule is CCc1cc(OC)c(-c2cccc3c(CCC(=O)O)cccc23)c(OC)c1. The Bertz CT molecular complexity index is 950. The van der Waals surface area contributed by atoms with E-state index in [1.807, 2.05) is 36.4 Å². The van der Waals surface area contributed by atoms with Crippen molar-refractivity contribution < 1.29 is 19.4 Å². The first-order chi connectivity index (χ1) is 13.1. The zero-order valence-corrected chi connectivity index (χ0v) is 15.9. The van der Waals surface area contributed by atoms with E-state index in [0.717, 1.165) is 50.9 Å². The molecule has 0 amide bonds. The average Bonchev–Trinajstić information content (AvgIpc) is 2.70. The molecule has 4 nitrogen and oxygen atoms in total. The van der Waals surface area contributed by atoms with Gasteiger partial charge in [-0.25, -0.2) is 0 Å². The lowest BCUT2D eigenvalue weighted by molar-refractivity contribution is -0.136. The summed E-state index contributed by atoms with van der Waals surface area (Å²) in [5, 5.41) is 11.1. The molecule has 0 aliphatic heterocycles. The first kappa shape index (κ1) is 18.8. The van der Waals surface area contributed by atoms with Gasteiger partial charge in [-0.15, -0.1) is 0 Å². The highest BCUT2D eigenvalue weighted by molar-refractivity contribution is 6.01. The van der Waals surface area contributed by atoms with Gasteiger partial charge in [0.15, 0.2) is 0 Å². The molecular weight excluding hydrogens is 340 g/mol. The number of fused-ring (bicyclic) bond motifs is 1. The minimum atomic E-state index is -0.790. The molecule has 27 heavy (non-hydrogen) atoms. The summed E-state index contributed by atoms with van der Waals surface area (Å²) in [6.07, 6.45) is 1.50. The number of ether oxygens (including phenoxy) is 2. The molecule has 3 rings (SSSR count). The van der Waals surface area contributed by atoms with E-state index in [-0.39, 0.29) is 6.42 Å². The Balaban J connectivity index is 2.24. The standard InChI is InChI=1S/C23H24O4/c1-4-15-13-20(26-2)23(21(14-15)27-3)19-10-6-8-17-16(11-12-22(24)25)7-5-9-18(17)19/h5-10,13-14H,4,11-12H2,1-3H3,(H,24,25). The van der Waals surface area contributed by atoms with Crippen molar-refractivity contribution in [1.29, 1.82) is 0 Å². The number of carbonyl (C=O) groups is 1. The second-order valence-electron chi connectivity index (χ2n) is 6.44. The molecule has 1 N–H and O–H groups in total. The normalized spacial score (nSPS) is 10.8. The molecule has 0 unspecified atom stereocenters. The van der Waals surface area contributed by atoms with E-state index in [2.05, 4.69) is 19.1 Å². The smallest absolute Gasteiger partial charge is 0.303 e. The molecule has 0 saturated carbocycles. The number of rotatable bonds is 7. The van der Waals surface area contributed by atoms with Crippen LogP contribution in [0.4, 0.5) is 0 Å². The van der Waals surface area contributed by atoms with Crippen LogP contribution in [-0.4, -0.2) is 25.3 Å². The van der Waals surface area contributed by atoms with Gasteiger partial charge in [0.25, 0.3) is 0 Å². The Labute approximate surface area is 159 Å². The predicted octanol–water partition coefficient (Wildman–Crippen LogP) is 5.10. The predicted molar refractivity (Wildman–Crippen MR) is 108 cm³/mol. The van der Waals surface area contributed by atoms with E-state index in [1.54, 1.807) is 14.2 Å². The van der Waals surface area contributed by atoms with Crippen molar-refractivity contribution in [3.05, 3.63) is 59.7 Å². The zero-order valence-electron chi connectivity index (χ0n) is 15.9. The number of carboxylic acid groups (broad SMARTS) is 1. The summed E-state index contributed by atoms with van der Waals surface area (Å²) in [6, 6.07) is 16.2. The summed E-state index contributed by atoms with van der Waals surface area (Å²) in [4.78, 5) is 11.0. The summed E-state index contributed by atoms with van der Waals surface area (Å²) >= 11 is 0. The summed E-state index contributed by atoms with van der Waals surface area (Å²) in [5.74, 6) is 0.755. The summed E-state index contributed by atoms with van der Waals surface area (Å²) < 4.78 is 11.4. The molecule has 0 radical (unpaired) electrons. The maximum atomic E-state index is 11.0. The van der Waals surface area contributed by atoms with Gasteiger partial charge in [-0.3, -0.25) is 4.79 Å². The number of aryl methyl sites for hydroxylation is 2. The van der Waals surface area contributed by atoms with Crippen molar-refractivity contribution in [3.8, 4) is 22.6 Å². The molecule has 3 aromatic rings. The van der Waals surface area contributed by atoms with Crippen LogP contribution in [0.25, 0.3) is 21.9 Å². The number of benzene rings is 3. The Morgan fingerprint density at radius 1 is 0.963 bits per heavy atom. The molecular formula is C23H24O4. The quantitative estimate of drug-likeness (QED) is 0.633. The lowest BCUT2D eigenvalue weighted by atomic mass is 9.92. The molecule has 0 aliphatic rings. The average molecular weight is 364 g/mol. The third kappa shape index (κ3) is 3.75. The monoisotopic (exact) mass is 364 g/mol. The lowest BCUT2D eigenvalue weighted by Crippen LogP contribution is -1.99. The van der Waals surface area contributed by atoms with Crippen molar-refractivity contribution in [1.82, 2.24) is 0 Å². The summed E-state index contributed by atoms with van der Waals surface area (Å²) in [6.45, 7) is 2.10. The lowest BCUT2D eigenvalue weighted by Gasteiger charge is -2.17.